The maximum Gasteiger partial charge on any atom is 0.120 e. The van der Waals surface area contributed by atoms with Crippen LogP contribution < -0.4 is 4.74 Å². The minimum Gasteiger partial charge on any atom is -0.489 e. The molecule has 0 fully saturated rings. The van der Waals surface area contributed by atoms with Crippen molar-refractivity contribution in [1.29, 1.82) is 0 Å². The van der Waals surface area contributed by atoms with Gasteiger partial charge in [0.25, 0.3) is 0 Å². The first-order chi connectivity index (χ1) is 8.38. The van der Waals surface area contributed by atoms with E-state index in [1.54, 1.807) is 0 Å². The van der Waals surface area contributed by atoms with Crippen molar-refractivity contribution in [2.45, 2.75) is 33.8 Å². The second kappa shape index (κ2) is 7.54. The summed E-state index contributed by atoms with van der Waals surface area (Å²) in [7, 11) is 0. The van der Waals surface area contributed by atoms with E-state index in [0.717, 1.165) is 12.2 Å². The summed E-state index contributed by atoms with van der Waals surface area (Å²) in [6, 6.07) is 18.6. The van der Waals surface area contributed by atoms with Gasteiger partial charge in [-0.3, -0.25) is 0 Å². The van der Waals surface area contributed by atoms with E-state index in [9.17, 15) is 0 Å². The summed E-state index contributed by atoms with van der Waals surface area (Å²) in [6.07, 6.45) is 2.28. The van der Waals surface area contributed by atoms with Gasteiger partial charge in [0, 0.05) is 0 Å². The van der Waals surface area contributed by atoms with Crippen molar-refractivity contribution in [3.63, 3.8) is 0 Å². The van der Waals surface area contributed by atoms with E-state index in [0.29, 0.717) is 6.61 Å². The third-order valence-electron chi connectivity index (χ3n) is 2.69. The zero-order valence-corrected chi connectivity index (χ0v) is 10.2. The molecule has 0 heterocycles. The van der Waals surface area contributed by atoms with Crippen LogP contribution in [0.1, 0.15) is 31.9 Å². The smallest absolute Gasteiger partial charge is 0.120 e. The van der Waals surface area contributed by atoms with Crippen LogP contribution in [0.15, 0.2) is 54.6 Å². The Morgan fingerprint density at radius 3 is 2.33 bits per heavy atom. The van der Waals surface area contributed by atoms with Crippen LogP contribution >= 0.6 is 0 Å². The van der Waals surface area contributed by atoms with Gasteiger partial charge in [0.05, 0.1) is 0 Å². The molecule has 18 heavy (non-hydrogen) atoms. The lowest BCUT2D eigenvalue weighted by atomic mass is 10.1. The van der Waals surface area contributed by atoms with Crippen molar-refractivity contribution in [2.75, 3.05) is 0 Å². The largest absolute Gasteiger partial charge is 0.489 e. The fourth-order valence-electron chi connectivity index (χ4n) is 1.82. The van der Waals surface area contributed by atoms with Crippen molar-refractivity contribution in [3.05, 3.63) is 65.7 Å². The van der Waals surface area contributed by atoms with Gasteiger partial charge in [-0.2, -0.15) is 0 Å². The van der Waals surface area contributed by atoms with Crippen LogP contribution in [0.4, 0.5) is 0 Å². The van der Waals surface area contributed by atoms with Gasteiger partial charge in [-0.05, 0) is 29.7 Å². The molecular weight excluding hydrogens is 220 g/mol. The average molecular weight is 242 g/mol. The van der Waals surface area contributed by atoms with Gasteiger partial charge in [-0.15, -0.1) is 0 Å². The molecule has 1 nitrogen and oxygen atoms in total. The van der Waals surface area contributed by atoms with E-state index in [1.165, 1.54) is 17.5 Å². The Labute approximate surface area is 110 Å². The van der Waals surface area contributed by atoms with Gasteiger partial charge in [0.15, 0.2) is 0 Å². The summed E-state index contributed by atoms with van der Waals surface area (Å²) in [5.74, 6) is 0.958. The fourth-order valence-corrected chi connectivity index (χ4v) is 1.82. The summed E-state index contributed by atoms with van der Waals surface area (Å²) < 4.78 is 5.78. The van der Waals surface area contributed by atoms with E-state index in [1.807, 2.05) is 24.3 Å². The van der Waals surface area contributed by atoms with Crippen molar-refractivity contribution in [3.8, 4) is 5.75 Å². The maximum absolute atomic E-state index is 5.78. The van der Waals surface area contributed by atoms with Crippen molar-refractivity contribution < 1.29 is 4.74 Å². The predicted octanol–water partition coefficient (Wildman–Crippen LogP) is 4.85. The lowest BCUT2D eigenvalue weighted by molar-refractivity contribution is 0.306. The molecule has 1 heteroatoms. The molecule has 0 saturated heterocycles. The number of ether oxygens (including phenoxy) is 1. The molecule has 0 unspecified atom stereocenters. The first-order valence-corrected chi connectivity index (χ1v) is 6.14. The molecule has 0 spiro atoms. The zero-order valence-electron chi connectivity index (χ0n) is 10.2. The zero-order chi connectivity index (χ0) is 11.9. The lowest BCUT2D eigenvalue weighted by Crippen LogP contribution is -1.95. The average Bonchev–Trinajstić information content (AvgIpc) is 2.39. The van der Waals surface area contributed by atoms with Crippen LogP contribution in [0.2, 0.25) is 0 Å². The molecule has 2 rings (SSSR count). The Morgan fingerprint density at radius 1 is 0.889 bits per heavy atom. The Morgan fingerprint density at radius 2 is 1.61 bits per heavy atom. The molecule has 0 aliphatic heterocycles. The second-order valence-corrected chi connectivity index (χ2v) is 4.17. The van der Waals surface area contributed by atoms with Gasteiger partial charge in [-0.1, -0.05) is 63.2 Å². The summed E-state index contributed by atoms with van der Waals surface area (Å²) >= 11 is 0. The van der Waals surface area contributed by atoms with Crippen molar-refractivity contribution >= 4 is 0 Å². The molecule has 2 aromatic carbocycles. The number of hydrogen-bond donors (Lipinski definition) is 0. The van der Waals surface area contributed by atoms with Gasteiger partial charge in [-0.25, -0.2) is 0 Å². The normalized spacial score (nSPS) is 9.61. The van der Waals surface area contributed by atoms with E-state index < -0.39 is 0 Å². The predicted molar refractivity (Wildman–Crippen MR) is 77.9 cm³/mol. The highest BCUT2D eigenvalue weighted by atomic mass is 16.5. The Bertz CT molecular complexity index is 448. The van der Waals surface area contributed by atoms with Crippen LogP contribution in [0.3, 0.4) is 0 Å². The minimum atomic E-state index is 0. The minimum absolute atomic E-state index is 0. The molecule has 0 radical (unpaired) electrons. The van der Waals surface area contributed by atoms with E-state index in [2.05, 4.69) is 37.3 Å². The Balaban J connectivity index is 0.00000162. The highest BCUT2D eigenvalue weighted by molar-refractivity contribution is 5.29. The van der Waals surface area contributed by atoms with Gasteiger partial charge in [0.2, 0.25) is 0 Å². The molecule has 0 aromatic heterocycles. The van der Waals surface area contributed by atoms with E-state index in [-0.39, 0.29) is 7.43 Å². The summed E-state index contributed by atoms with van der Waals surface area (Å²) in [5, 5.41) is 0. The van der Waals surface area contributed by atoms with Crippen molar-refractivity contribution in [2.24, 2.45) is 0 Å². The molecule has 2 aromatic rings. The molecule has 0 bridgehead atoms. The molecule has 0 saturated carbocycles. The SMILES string of the molecule is C.CCCc1cccc(OCc2ccccc2)c1. The third kappa shape index (κ3) is 4.25. The first-order valence-electron chi connectivity index (χ1n) is 6.14. The molecule has 0 N–H and O–H groups in total. The highest BCUT2D eigenvalue weighted by Crippen LogP contribution is 2.16. The van der Waals surface area contributed by atoms with Crippen LogP contribution in [-0.2, 0) is 13.0 Å². The molecule has 0 aliphatic rings. The van der Waals surface area contributed by atoms with Gasteiger partial charge >= 0.3 is 0 Å². The number of hydrogen-bond acceptors (Lipinski definition) is 1. The van der Waals surface area contributed by atoms with Gasteiger partial charge in [0.1, 0.15) is 12.4 Å². The van der Waals surface area contributed by atoms with Gasteiger partial charge < -0.3 is 4.74 Å². The standard InChI is InChI=1S/C16H18O.CH4/c1-2-7-14-10-6-11-16(12-14)17-13-15-8-4-3-5-9-15;/h3-6,8-12H,2,7,13H2,1H3;1H4. The molecule has 0 amide bonds. The summed E-state index contributed by atoms with van der Waals surface area (Å²) in [6.45, 7) is 2.83. The maximum atomic E-state index is 5.78. The molecule has 0 atom stereocenters. The van der Waals surface area contributed by atoms with Crippen LogP contribution in [0.25, 0.3) is 0 Å². The Hall–Kier alpha value is -1.76. The summed E-state index contributed by atoms with van der Waals surface area (Å²) in [5.41, 5.74) is 2.55. The number of aryl methyl sites for hydroxylation is 1. The lowest BCUT2D eigenvalue weighted by Gasteiger charge is -2.07. The number of benzene rings is 2. The van der Waals surface area contributed by atoms with Crippen molar-refractivity contribution in [1.82, 2.24) is 0 Å². The van der Waals surface area contributed by atoms with Crippen LogP contribution in [0.5, 0.6) is 5.75 Å². The van der Waals surface area contributed by atoms with E-state index >= 15 is 0 Å². The second-order valence-electron chi connectivity index (χ2n) is 4.17. The topological polar surface area (TPSA) is 9.23 Å². The monoisotopic (exact) mass is 242 g/mol. The van der Waals surface area contributed by atoms with E-state index in [4.69, 9.17) is 4.74 Å². The first kappa shape index (κ1) is 14.3. The van der Waals surface area contributed by atoms with Crippen LogP contribution in [-0.4, -0.2) is 0 Å². The number of rotatable bonds is 5. The highest BCUT2D eigenvalue weighted by Gasteiger charge is 1.97. The fraction of sp³-hybridized carbons (Fsp3) is 0.294. The third-order valence-corrected chi connectivity index (χ3v) is 2.69. The Kier molecular flexibility index (Phi) is 5.99. The molecular formula is C17H22O. The molecule has 96 valence electrons. The summed E-state index contributed by atoms with van der Waals surface area (Å²) in [4.78, 5) is 0. The van der Waals surface area contributed by atoms with Crippen LogP contribution in [0, 0.1) is 0 Å². The molecule has 0 aliphatic carbocycles. The quantitative estimate of drug-likeness (QED) is 0.728.